The zero-order chi connectivity index (χ0) is 10.4. The van der Waals surface area contributed by atoms with E-state index in [1.165, 1.54) is 19.3 Å². The highest BCUT2D eigenvalue weighted by molar-refractivity contribution is 6.48. The van der Waals surface area contributed by atoms with Crippen molar-refractivity contribution in [3.05, 3.63) is 0 Å². The molecule has 0 aromatic heterocycles. The number of unbranched alkanes of at least 4 members (excludes halogenated alkanes) is 3. The normalized spacial score (nSPS) is 22.9. The van der Waals surface area contributed by atoms with Crippen LogP contribution in [0.2, 0.25) is 0 Å². The molecule has 1 saturated heterocycles. The van der Waals surface area contributed by atoms with Crippen LogP contribution < -0.4 is 0 Å². The summed E-state index contributed by atoms with van der Waals surface area (Å²) in [4.78, 5) is 0. The largest absolute Gasteiger partial charge is 0.375 e. The minimum atomic E-state index is -0.649. The van der Waals surface area contributed by atoms with Crippen LogP contribution in [0.15, 0.2) is 0 Å². The number of rotatable bonds is 6. The van der Waals surface area contributed by atoms with Gasteiger partial charge in [0.2, 0.25) is 0 Å². The van der Waals surface area contributed by atoms with Crippen LogP contribution in [0.5, 0.6) is 0 Å². The van der Waals surface area contributed by atoms with Crippen molar-refractivity contribution < 1.29 is 4.74 Å². The van der Waals surface area contributed by atoms with E-state index in [-0.39, 0.29) is 6.10 Å². The van der Waals surface area contributed by atoms with Crippen LogP contribution in [-0.2, 0) is 4.74 Å². The van der Waals surface area contributed by atoms with Gasteiger partial charge in [0, 0.05) is 6.61 Å². The maximum absolute atomic E-state index is 6.26. The minimum Gasteiger partial charge on any atom is -0.375 e. The Labute approximate surface area is 97.1 Å². The highest BCUT2D eigenvalue weighted by atomic mass is 35.5. The van der Waals surface area contributed by atoms with Crippen LogP contribution >= 0.6 is 23.2 Å². The van der Waals surface area contributed by atoms with Gasteiger partial charge < -0.3 is 4.74 Å². The molecule has 0 radical (unpaired) electrons. The maximum Gasteiger partial charge on any atom is 0.144 e. The first-order valence-corrected chi connectivity index (χ1v) is 6.42. The fourth-order valence-electron chi connectivity index (χ4n) is 1.86. The minimum absolute atomic E-state index is 0.0625. The van der Waals surface area contributed by atoms with Crippen molar-refractivity contribution in [3.63, 3.8) is 0 Å². The Hall–Kier alpha value is 0.540. The first kappa shape index (κ1) is 12.6. The Kier molecular flexibility index (Phi) is 5.58. The highest BCUT2D eigenvalue weighted by Gasteiger charge is 2.37. The molecule has 1 aliphatic heterocycles. The molecular weight excluding hydrogens is 219 g/mol. The summed E-state index contributed by atoms with van der Waals surface area (Å²) < 4.78 is 4.86. The summed E-state index contributed by atoms with van der Waals surface area (Å²) in [6, 6.07) is 0. The van der Waals surface area contributed by atoms with Gasteiger partial charge in [0.25, 0.3) is 0 Å². The predicted octanol–water partition coefficient (Wildman–Crippen LogP) is 4.31. The Balaban J connectivity index is 2.19. The average Bonchev–Trinajstić information content (AvgIpc) is 2.65. The summed E-state index contributed by atoms with van der Waals surface area (Å²) in [7, 11) is 0. The molecule has 3 heteroatoms. The third-order valence-corrected chi connectivity index (χ3v) is 3.63. The lowest BCUT2D eigenvalue weighted by Gasteiger charge is -2.25. The van der Waals surface area contributed by atoms with Crippen LogP contribution in [-0.4, -0.2) is 17.0 Å². The Morgan fingerprint density at radius 1 is 1.29 bits per heavy atom. The molecule has 1 unspecified atom stereocenters. The molecule has 0 amide bonds. The van der Waals surface area contributed by atoms with Crippen molar-refractivity contribution >= 4 is 23.2 Å². The van der Waals surface area contributed by atoms with Gasteiger partial charge in [-0.2, -0.15) is 0 Å². The molecule has 1 atom stereocenters. The molecule has 1 aliphatic rings. The second-order valence-corrected chi connectivity index (χ2v) is 5.62. The molecule has 0 bridgehead atoms. The van der Waals surface area contributed by atoms with E-state index in [1.807, 2.05) is 0 Å². The molecule has 0 spiro atoms. The second-order valence-electron chi connectivity index (χ2n) is 4.07. The number of hydrogen-bond acceptors (Lipinski definition) is 1. The molecule has 1 nitrogen and oxygen atoms in total. The maximum atomic E-state index is 6.26. The van der Waals surface area contributed by atoms with Crippen molar-refractivity contribution in [1.29, 1.82) is 0 Å². The molecule has 1 fully saturated rings. The van der Waals surface area contributed by atoms with Crippen LogP contribution in [0.3, 0.4) is 0 Å². The van der Waals surface area contributed by atoms with Gasteiger partial charge in [0.05, 0.1) is 6.10 Å². The molecule has 0 aromatic carbocycles. The molecule has 0 aromatic rings. The van der Waals surface area contributed by atoms with Crippen molar-refractivity contribution in [2.75, 3.05) is 6.61 Å². The summed E-state index contributed by atoms with van der Waals surface area (Å²) in [5.74, 6) is 0. The van der Waals surface area contributed by atoms with E-state index < -0.39 is 4.33 Å². The van der Waals surface area contributed by atoms with Crippen molar-refractivity contribution in [1.82, 2.24) is 0 Å². The van der Waals surface area contributed by atoms with E-state index >= 15 is 0 Å². The molecule has 0 saturated carbocycles. The highest BCUT2D eigenvalue weighted by Crippen LogP contribution is 2.37. The lowest BCUT2D eigenvalue weighted by Crippen LogP contribution is -2.30. The van der Waals surface area contributed by atoms with E-state index in [2.05, 4.69) is 6.92 Å². The number of ether oxygens (including phenoxy) is 1. The number of hydrogen-bond donors (Lipinski definition) is 0. The van der Waals surface area contributed by atoms with Crippen molar-refractivity contribution in [2.45, 2.75) is 62.3 Å². The lowest BCUT2D eigenvalue weighted by molar-refractivity contribution is 0.0945. The Morgan fingerprint density at radius 2 is 2.07 bits per heavy atom. The third-order valence-electron chi connectivity index (χ3n) is 2.76. The van der Waals surface area contributed by atoms with Gasteiger partial charge in [-0.1, -0.05) is 55.8 Å². The van der Waals surface area contributed by atoms with Crippen LogP contribution in [0, 0.1) is 0 Å². The molecule has 84 valence electrons. The number of halogens is 2. The van der Waals surface area contributed by atoms with Gasteiger partial charge in [0.15, 0.2) is 0 Å². The van der Waals surface area contributed by atoms with Crippen molar-refractivity contribution in [2.24, 2.45) is 0 Å². The van der Waals surface area contributed by atoms with Crippen molar-refractivity contribution in [3.8, 4) is 0 Å². The Bertz CT molecular complexity index is 153. The quantitative estimate of drug-likeness (QED) is 0.495. The number of alkyl halides is 2. The standard InChI is InChI=1S/C11H20Cl2O/c1-2-3-4-5-8-11(12,13)10-7-6-9-14-10/h10H,2-9H2,1H3. The molecule has 1 heterocycles. The molecule has 14 heavy (non-hydrogen) atoms. The van der Waals surface area contributed by atoms with E-state index in [0.29, 0.717) is 0 Å². The Morgan fingerprint density at radius 3 is 2.64 bits per heavy atom. The van der Waals surface area contributed by atoms with Crippen LogP contribution in [0.4, 0.5) is 0 Å². The lowest BCUT2D eigenvalue weighted by atomic mass is 10.1. The summed E-state index contributed by atoms with van der Waals surface area (Å²) in [6.07, 6.45) is 7.90. The molecular formula is C11H20Cl2O. The first-order valence-electron chi connectivity index (χ1n) is 5.66. The molecule has 1 rings (SSSR count). The predicted molar refractivity (Wildman–Crippen MR) is 62.2 cm³/mol. The van der Waals surface area contributed by atoms with E-state index in [4.69, 9.17) is 27.9 Å². The summed E-state index contributed by atoms with van der Waals surface area (Å²) in [5, 5.41) is 0. The van der Waals surface area contributed by atoms with Crippen LogP contribution in [0.1, 0.15) is 51.9 Å². The van der Waals surface area contributed by atoms with Gasteiger partial charge in [-0.3, -0.25) is 0 Å². The second kappa shape index (κ2) is 6.19. The first-order chi connectivity index (χ1) is 6.67. The monoisotopic (exact) mass is 238 g/mol. The smallest absolute Gasteiger partial charge is 0.144 e. The molecule has 0 N–H and O–H groups in total. The van der Waals surface area contributed by atoms with Crippen LogP contribution in [0.25, 0.3) is 0 Å². The van der Waals surface area contributed by atoms with E-state index in [1.54, 1.807) is 0 Å². The van der Waals surface area contributed by atoms with Gasteiger partial charge in [-0.25, -0.2) is 0 Å². The van der Waals surface area contributed by atoms with Gasteiger partial charge in [-0.15, -0.1) is 0 Å². The fourth-order valence-corrected chi connectivity index (χ4v) is 2.47. The third kappa shape index (κ3) is 3.96. The van der Waals surface area contributed by atoms with E-state index in [0.717, 1.165) is 32.3 Å². The van der Waals surface area contributed by atoms with Gasteiger partial charge >= 0.3 is 0 Å². The zero-order valence-corrected chi connectivity index (χ0v) is 10.4. The zero-order valence-electron chi connectivity index (χ0n) is 8.90. The van der Waals surface area contributed by atoms with E-state index in [9.17, 15) is 0 Å². The van der Waals surface area contributed by atoms with Gasteiger partial charge in [-0.05, 0) is 19.3 Å². The summed E-state index contributed by atoms with van der Waals surface area (Å²) in [5.41, 5.74) is 0. The summed E-state index contributed by atoms with van der Waals surface area (Å²) >= 11 is 12.5. The SMILES string of the molecule is CCCCCCC(Cl)(Cl)C1CCCO1. The van der Waals surface area contributed by atoms with Gasteiger partial charge in [0.1, 0.15) is 4.33 Å². The fraction of sp³-hybridized carbons (Fsp3) is 1.00. The summed E-state index contributed by atoms with van der Waals surface area (Å²) in [6.45, 7) is 3.02. The average molecular weight is 239 g/mol. The molecule has 0 aliphatic carbocycles. The topological polar surface area (TPSA) is 9.23 Å².